The van der Waals surface area contributed by atoms with Crippen LogP contribution in [0.5, 0.6) is 11.5 Å². The van der Waals surface area contributed by atoms with Crippen LogP contribution in [0.4, 0.5) is 17.1 Å². The molecule has 0 unspecified atom stereocenters. The number of hydrogen-bond donors (Lipinski definition) is 0. The summed E-state index contributed by atoms with van der Waals surface area (Å²) in [5, 5.41) is 0. The molecule has 0 fully saturated rings. The number of fused-ring (bicyclic) bond motifs is 2. The first-order valence-corrected chi connectivity index (χ1v) is 9.83. The number of hydrogen-bond acceptors (Lipinski definition) is 3. The first-order valence-electron chi connectivity index (χ1n) is 9.83. The molecule has 144 valence electrons. The van der Waals surface area contributed by atoms with E-state index in [0.717, 1.165) is 34.1 Å². The Hall–Kier alpha value is -2.81. The van der Waals surface area contributed by atoms with Crippen LogP contribution in [0.2, 0.25) is 0 Å². The second-order valence-corrected chi connectivity index (χ2v) is 8.86. The average Bonchev–Trinajstić information content (AvgIpc) is 2.60. The zero-order chi connectivity index (χ0) is 20.2. The van der Waals surface area contributed by atoms with Crippen LogP contribution in [-0.2, 0) is 5.41 Å². The van der Waals surface area contributed by atoms with Gasteiger partial charge in [0, 0.05) is 11.8 Å². The number of aromatic nitrogens is 1. The molecule has 28 heavy (non-hydrogen) atoms. The molecule has 3 aromatic rings. The summed E-state index contributed by atoms with van der Waals surface area (Å²) in [4.78, 5) is 6.87. The molecule has 0 atom stereocenters. The molecule has 0 bridgehead atoms. The number of pyridine rings is 1. The van der Waals surface area contributed by atoms with Gasteiger partial charge in [-0.25, -0.2) is 0 Å². The predicted octanol–water partition coefficient (Wildman–Crippen LogP) is 7.19. The van der Waals surface area contributed by atoms with Crippen LogP contribution in [0.15, 0.2) is 42.6 Å². The van der Waals surface area contributed by atoms with E-state index in [2.05, 4.69) is 81.8 Å². The summed E-state index contributed by atoms with van der Waals surface area (Å²) in [5.41, 5.74) is 9.31. The summed E-state index contributed by atoms with van der Waals surface area (Å²) in [6, 6.07) is 13.0. The normalized spacial score (nSPS) is 13.0. The SMILES string of the molecule is Cc1cc2c(cn1)N(c1c(C)cc(C(C)(C)C)cc1C)c1cccc(C)c1O2. The Balaban J connectivity index is 2.00. The smallest absolute Gasteiger partial charge is 0.154 e. The fourth-order valence-electron chi connectivity index (χ4n) is 3.95. The number of benzene rings is 2. The van der Waals surface area contributed by atoms with Gasteiger partial charge in [0.25, 0.3) is 0 Å². The van der Waals surface area contributed by atoms with Gasteiger partial charge in [0.05, 0.1) is 17.6 Å². The molecule has 0 amide bonds. The summed E-state index contributed by atoms with van der Waals surface area (Å²) < 4.78 is 6.32. The third-order valence-corrected chi connectivity index (χ3v) is 5.45. The van der Waals surface area contributed by atoms with Gasteiger partial charge in [-0.1, -0.05) is 45.0 Å². The van der Waals surface area contributed by atoms with Crippen molar-refractivity contribution in [2.75, 3.05) is 4.90 Å². The second-order valence-electron chi connectivity index (χ2n) is 8.86. The molecule has 3 heteroatoms. The van der Waals surface area contributed by atoms with E-state index in [-0.39, 0.29) is 5.41 Å². The molecule has 4 rings (SSSR count). The third kappa shape index (κ3) is 2.95. The van der Waals surface area contributed by atoms with E-state index >= 15 is 0 Å². The van der Waals surface area contributed by atoms with Crippen LogP contribution >= 0.6 is 0 Å². The predicted molar refractivity (Wildman–Crippen MR) is 117 cm³/mol. The Morgan fingerprint density at radius 2 is 1.54 bits per heavy atom. The maximum Gasteiger partial charge on any atom is 0.154 e. The molecule has 0 aliphatic carbocycles. The Morgan fingerprint density at radius 3 is 2.18 bits per heavy atom. The largest absolute Gasteiger partial charge is 0.453 e. The van der Waals surface area contributed by atoms with Crippen molar-refractivity contribution in [2.24, 2.45) is 0 Å². The van der Waals surface area contributed by atoms with Gasteiger partial charge in [-0.2, -0.15) is 0 Å². The summed E-state index contributed by atoms with van der Waals surface area (Å²) >= 11 is 0. The Morgan fingerprint density at radius 1 is 0.857 bits per heavy atom. The van der Waals surface area contributed by atoms with Crippen LogP contribution < -0.4 is 9.64 Å². The standard InChI is InChI=1S/C25H28N2O/c1-15-9-8-10-20-24(15)28-22-13-18(4)26-14-21(22)27(20)23-16(2)11-19(12-17(23)3)25(5,6)7/h8-14H,1-7H3. The van der Waals surface area contributed by atoms with Gasteiger partial charge < -0.3 is 9.64 Å². The number of anilines is 3. The maximum absolute atomic E-state index is 6.32. The summed E-state index contributed by atoms with van der Waals surface area (Å²) in [6.45, 7) is 15.3. The van der Waals surface area contributed by atoms with Gasteiger partial charge in [0.15, 0.2) is 11.5 Å². The van der Waals surface area contributed by atoms with Crippen molar-refractivity contribution in [1.82, 2.24) is 4.98 Å². The van der Waals surface area contributed by atoms with E-state index in [0.29, 0.717) is 0 Å². The minimum atomic E-state index is 0.115. The fraction of sp³-hybridized carbons (Fsp3) is 0.320. The Labute approximate surface area is 168 Å². The lowest BCUT2D eigenvalue weighted by Crippen LogP contribution is -2.20. The molecule has 1 aliphatic rings. The number of nitrogens with zero attached hydrogens (tertiary/aromatic N) is 2. The highest BCUT2D eigenvalue weighted by Crippen LogP contribution is 2.52. The van der Waals surface area contributed by atoms with Crippen LogP contribution in [0.3, 0.4) is 0 Å². The quantitative estimate of drug-likeness (QED) is 0.353. The highest BCUT2D eigenvalue weighted by atomic mass is 16.5. The van der Waals surface area contributed by atoms with E-state index in [4.69, 9.17) is 4.74 Å². The van der Waals surface area contributed by atoms with Crippen molar-refractivity contribution in [3.63, 3.8) is 0 Å². The van der Waals surface area contributed by atoms with Crippen molar-refractivity contribution >= 4 is 17.1 Å². The number of ether oxygens (including phenoxy) is 1. The van der Waals surface area contributed by atoms with Crippen molar-refractivity contribution in [3.8, 4) is 11.5 Å². The lowest BCUT2D eigenvalue weighted by atomic mass is 9.84. The van der Waals surface area contributed by atoms with Gasteiger partial charge in [-0.05, 0) is 61.4 Å². The molecule has 0 radical (unpaired) electrons. The van der Waals surface area contributed by atoms with Gasteiger partial charge in [0.2, 0.25) is 0 Å². The first kappa shape index (κ1) is 18.5. The van der Waals surface area contributed by atoms with Crippen LogP contribution in [0, 0.1) is 27.7 Å². The van der Waals surface area contributed by atoms with Crippen LogP contribution in [-0.4, -0.2) is 4.98 Å². The fourth-order valence-corrected chi connectivity index (χ4v) is 3.95. The molecule has 0 spiro atoms. The van der Waals surface area contributed by atoms with E-state index in [1.54, 1.807) is 0 Å². The molecule has 0 saturated heterocycles. The third-order valence-electron chi connectivity index (χ3n) is 5.45. The maximum atomic E-state index is 6.32. The minimum Gasteiger partial charge on any atom is -0.453 e. The molecule has 3 nitrogen and oxygen atoms in total. The molecule has 1 aliphatic heterocycles. The van der Waals surface area contributed by atoms with Gasteiger partial charge in [-0.3, -0.25) is 4.98 Å². The number of aryl methyl sites for hydroxylation is 4. The molecule has 1 aromatic heterocycles. The van der Waals surface area contributed by atoms with Gasteiger partial charge in [-0.15, -0.1) is 0 Å². The molecule has 2 aromatic carbocycles. The van der Waals surface area contributed by atoms with E-state index in [1.165, 1.54) is 22.4 Å². The van der Waals surface area contributed by atoms with E-state index in [9.17, 15) is 0 Å². The average molecular weight is 373 g/mol. The zero-order valence-electron chi connectivity index (χ0n) is 17.8. The summed E-state index contributed by atoms with van der Waals surface area (Å²) in [7, 11) is 0. The van der Waals surface area contributed by atoms with E-state index in [1.807, 2.05) is 19.2 Å². The summed E-state index contributed by atoms with van der Waals surface area (Å²) in [5.74, 6) is 1.77. The van der Waals surface area contributed by atoms with Crippen LogP contribution in [0.25, 0.3) is 0 Å². The molecule has 2 heterocycles. The minimum absolute atomic E-state index is 0.115. The Bertz CT molecular complexity index is 1050. The second kappa shape index (κ2) is 6.37. The lowest BCUT2D eigenvalue weighted by Gasteiger charge is -2.36. The molecule has 0 N–H and O–H groups in total. The zero-order valence-corrected chi connectivity index (χ0v) is 17.8. The number of para-hydroxylation sites is 1. The molecule has 0 saturated carbocycles. The van der Waals surface area contributed by atoms with Crippen molar-refractivity contribution < 1.29 is 4.74 Å². The molecular formula is C25H28N2O. The van der Waals surface area contributed by atoms with Crippen molar-refractivity contribution in [2.45, 2.75) is 53.9 Å². The number of rotatable bonds is 1. The monoisotopic (exact) mass is 372 g/mol. The van der Waals surface area contributed by atoms with Gasteiger partial charge >= 0.3 is 0 Å². The first-order chi connectivity index (χ1) is 13.2. The topological polar surface area (TPSA) is 25.4 Å². The Kier molecular flexibility index (Phi) is 4.22. The van der Waals surface area contributed by atoms with Crippen LogP contribution in [0.1, 0.15) is 48.7 Å². The molecular weight excluding hydrogens is 344 g/mol. The highest BCUT2D eigenvalue weighted by Gasteiger charge is 2.30. The highest BCUT2D eigenvalue weighted by molar-refractivity contribution is 5.89. The lowest BCUT2D eigenvalue weighted by molar-refractivity contribution is 0.472. The van der Waals surface area contributed by atoms with E-state index < -0.39 is 0 Å². The van der Waals surface area contributed by atoms with Crippen molar-refractivity contribution in [1.29, 1.82) is 0 Å². The van der Waals surface area contributed by atoms with Crippen molar-refractivity contribution in [3.05, 3.63) is 70.5 Å². The summed E-state index contributed by atoms with van der Waals surface area (Å²) in [6.07, 6.45) is 1.92. The van der Waals surface area contributed by atoms with Gasteiger partial charge in [0.1, 0.15) is 5.69 Å².